The number of nitrogens with one attached hydrogen (secondary N) is 3. The average molecular weight is 386 g/mol. The Labute approximate surface area is 158 Å². The van der Waals surface area contributed by atoms with Crippen molar-refractivity contribution in [3.05, 3.63) is 54.4 Å². The lowest BCUT2D eigenvalue weighted by atomic mass is 10.1. The van der Waals surface area contributed by atoms with Gasteiger partial charge >= 0.3 is 6.03 Å². The number of pyridine rings is 1. The molecule has 1 atom stereocenters. The van der Waals surface area contributed by atoms with Gasteiger partial charge in [0.1, 0.15) is 0 Å². The molecule has 1 aliphatic rings. The summed E-state index contributed by atoms with van der Waals surface area (Å²) >= 11 is 0. The van der Waals surface area contributed by atoms with Crippen LogP contribution in [0, 0.1) is 0 Å². The fourth-order valence-corrected chi connectivity index (χ4v) is 2.90. The molecule has 1 aromatic carbocycles. The van der Waals surface area contributed by atoms with Crippen LogP contribution in [0.1, 0.15) is 19.1 Å². The molecule has 2 heterocycles. The smallest absolute Gasteiger partial charge is 0.324 e. The van der Waals surface area contributed by atoms with Gasteiger partial charge in [-0.3, -0.25) is 11.1 Å². The maximum absolute atomic E-state index is 13.4. The number of aromatic amines is 1. The van der Waals surface area contributed by atoms with E-state index in [1.165, 1.54) is 13.0 Å². The number of amides is 2. The standard InChI is InChI=1S/C19H17F2N5O2/c1-18(10-19(18,20)21)14-8-16(26-28-14)25-17(27)24-13-5-2-11(3-6-13)12-4-7-15(22)23-9-12/h2-9H,10H2,1H3,(H2,22,23)(H2,24,25,26,27)/p+1. The number of nitrogens with two attached hydrogens (primary N) is 1. The van der Waals surface area contributed by atoms with Crippen molar-refractivity contribution >= 4 is 23.4 Å². The SMILES string of the molecule is CC1(c2cc(NC(=O)Nc3ccc(-c4ccc(N)[nH+]c4)cc3)no2)CC1(F)F. The van der Waals surface area contributed by atoms with Crippen molar-refractivity contribution < 1.29 is 23.1 Å². The van der Waals surface area contributed by atoms with Gasteiger partial charge in [0.05, 0.1) is 11.6 Å². The minimum Gasteiger partial charge on any atom is -0.358 e. The zero-order valence-corrected chi connectivity index (χ0v) is 14.9. The summed E-state index contributed by atoms with van der Waals surface area (Å²) in [6.45, 7) is 1.40. The summed E-state index contributed by atoms with van der Waals surface area (Å²) in [5.74, 6) is -2.12. The Morgan fingerprint density at radius 2 is 1.86 bits per heavy atom. The molecule has 2 aromatic heterocycles. The minimum absolute atomic E-state index is 0.0532. The third kappa shape index (κ3) is 3.26. The van der Waals surface area contributed by atoms with Crippen LogP contribution >= 0.6 is 0 Å². The normalized spacial score (nSPS) is 19.8. The van der Waals surface area contributed by atoms with Gasteiger partial charge in [-0.05, 0) is 30.7 Å². The van der Waals surface area contributed by atoms with Crippen molar-refractivity contribution in [1.82, 2.24) is 5.16 Å². The van der Waals surface area contributed by atoms with Gasteiger partial charge in [0.2, 0.25) is 0 Å². The monoisotopic (exact) mass is 386 g/mol. The molecule has 5 N–H and O–H groups in total. The number of carbonyl (C=O) groups is 1. The number of hydrogen-bond acceptors (Lipinski definition) is 4. The lowest BCUT2D eigenvalue weighted by molar-refractivity contribution is -0.359. The number of nitrogen functional groups attached to an aromatic ring is 1. The maximum Gasteiger partial charge on any atom is 0.324 e. The molecule has 0 spiro atoms. The quantitative estimate of drug-likeness (QED) is 0.636. The van der Waals surface area contributed by atoms with Crippen molar-refractivity contribution in [2.45, 2.75) is 24.7 Å². The Morgan fingerprint density at radius 1 is 1.18 bits per heavy atom. The van der Waals surface area contributed by atoms with Gasteiger partial charge in [-0.2, -0.15) is 0 Å². The molecule has 3 aromatic rings. The van der Waals surface area contributed by atoms with Crippen LogP contribution in [0.2, 0.25) is 0 Å². The third-order valence-corrected chi connectivity index (χ3v) is 4.87. The van der Waals surface area contributed by atoms with E-state index >= 15 is 0 Å². The second kappa shape index (κ2) is 6.29. The second-order valence-corrected chi connectivity index (χ2v) is 6.98. The van der Waals surface area contributed by atoms with Gasteiger partial charge in [-0.15, -0.1) is 0 Å². The molecule has 0 radical (unpaired) electrons. The Hall–Kier alpha value is -3.49. The number of alkyl halides is 2. The number of anilines is 3. The van der Waals surface area contributed by atoms with Gasteiger partial charge in [0.25, 0.3) is 11.7 Å². The summed E-state index contributed by atoms with van der Waals surface area (Å²) in [6.07, 6.45) is 1.50. The van der Waals surface area contributed by atoms with E-state index in [9.17, 15) is 13.6 Å². The predicted molar refractivity (Wildman–Crippen MR) is 98.9 cm³/mol. The molecule has 1 aliphatic carbocycles. The van der Waals surface area contributed by atoms with Gasteiger partial charge in [-0.1, -0.05) is 17.3 Å². The van der Waals surface area contributed by atoms with Crippen LogP contribution in [0.3, 0.4) is 0 Å². The molecular formula is C19H18F2N5O2+. The van der Waals surface area contributed by atoms with E-state index in [4.69, 9.17) is 10.3 Å². The van der Waals surface area contributed by atoms with E-state index in [0.29, 0.717) is 11.5 Å². The molecule has 2 amide bonds. The van der Waals surface area contributed by atoms with E-state index in [0.717, 1.165) is 11.1 Å². The highest BCUT2D eigenvalue weighted by Gasteiger charge is 2.71. The first-order valence-electron chi connectivity index (χ1n) is 8.57. The Bertz CT molecular complexity index is 1020. The fraction of sp³-hybridized carbons (Fsp3) is 0.211. The first kappa shape index (κ1) is 17.9. The van der Waals surface area contributed by atoms with E-state index in [1.807, 2.05) is 18.2 Å². The summed E-state index contributed by atoms with van der Waals surface area (Å²) in [5, 5.41) is 8.76. The molecule has 4 rings (SSSR count). The highest BCUT2D eigenvalue weighted by Crippen LogP contribution is 2.61. The van der Waals surface area contributed by atoms with Crippen molar-refractivity contribution in [1.29, 1.82) is 0 Å². The molecular weight excluding hydrogens is 368 g/mol. The highest BCUT2D eigenvalue weighted by atomic mass is 19.3. The van der Waals surface area contributed by atoms with Gasteiger partial charge < -0.3 is 9.84 Å². The predicted octanol–water partition coefficient (Wildman–Crippen LogP) is 3.68. The summed E-state index contributed by atoms with van der Waals surface area (Å²) in [6, 6.07) is 11.6. The summed E-state index contributed by atoms with van der Waals surface area (Å²) in [5.41, 5.74) is 6.73. The fourth-order valence-electron chi connectivity index (χ4n) is 2.90. The van der Waals surface area contributed by atoms with E-state index < -0.39 is 17.4 Å². The number of H-pyrrole nitrogens is 1. The number of rotatable bonds is 4. The number of urea groups is 1. The molecule has 7 nitrogen and oxygen atoms in total. The zero-order chi connectivity index (χ0) is 19.9. The Morgan fingerprint density at radius 3 is 2.46 bits per heavy atom. The topological polar surface area (TPSA) is 107 Å². The molecule has 0 aliphatic heterocycles. The van der Waals surface area contributed by atoms with E-state index in [-0.39, 0.29) is 18.0 Å². The number of halogens is 2. The van der Waals surface area contributed by atoms with Gasteiger partial charge in [-0.25, -0.2) is 18.6 Å². The second-order valence-electron chi connectivity index (χ2n) is 6.98. The van der Waals surface area contributed by atoms with Gasteiger partial charge in [0.15, 0.2) is 11.6 Å². The minimum atomic E-state index is -2.81. The summed E-state index contributed by atoms with van der Waals surface area (Å²) < 4.78 is 31.8. The maximum atomic E-state index is 13.4. The number of benzene rings is 1. The molecule has 144 valence electrons. The molecule has 0 saturated heterocycles. The van der Waals surface area contributed by atoms with Crippen LogP contribution in [-0.2, 0) is 5.41 Å². The highest BCUT2D eigenvalue weighted by molar-refractivity contribution is 5.99. The number of carbonyl (C=O) groups excluding carboxylic acids is 1. The summed E-state index contributed by atoms with van der Waals surface area (Å²) in [7, 11) is 0. The first-order chi connectivity index (χ1) is 13.3. The van der Waals surface area contributed by atoms with Crippen molar-refractivity contribution in [3.8, 4) is 11.1 Å². The van der Waals surface area contributed by atoms with Crippen LogP contribution < -0.4 is 21.4 Å². The molecule has 28 heavy (non-hydrogen) atoms. The lowest BCUT2D eigenvalue weighted by Gasteiger charge is -2.06. The third-order valence-electron chi connectivity index (χ3n) is 4.87. The largest absolute Gasteiger partial charge is 0.358 e. The van der Waals surface area contributed by atoms with Crippen molar-refractivity contribution in [2.75, 3.05) is 16.4 Å². The number of hydrogen-bond donors (Lipinski definition) is 3. The Balaban J connectivity index is 1.38. The average Bonchev–Trinajstić information content (AvgIpc) is 2.96. The lowest BCUT2D eigenvalue weighted by Crippen LogP contribution is -2.19. The zero-order valence-electron chi connectivity index (χ0n) is 14.9. The molecule has 1 saturated carbocycles. The molecule has 9 heteroatoms. The number of aromatic nitrogens is 2. The van der Waals surface area contributed by atoms with Gasteiger partial charge in [0, 0.05) is 29.8 Å². The number of nitrogens with zero attached hydrogens (tertiary/aromatic N) is 1. The summed E-state index contributed by atoms with van der Waals surface area (Å²) in [4.78, 5) is 15.0. The van der Waals surface area contributed by atoms with Crippen LogP contribution in [-0.4, -0.2) is 17.1 Å². The van der Waals surface area contributed by atoms with Crippen molar-refractivity contribution in [3.63, 3.8) is 0 Å². The Kier molecular flexibility index (Phi) is 4.02. The van der Waals surface area contributed by atoms with Crippen LogP contribution in [0.15, 0.2) is 53.2 Å². The van der Waals surface area contributed by atoms with Crippen LogP contribution in [0.4, 0.5) is 30.9 Å². The van der Waals surface area contributed by atoms with Crippen molar-refractivity contribution in [2.24, 2.45) is 0 Å². The molecule has 0 bridgehead atoms. The molecule has 1 unspecified atom stereocenters. The first-order valence-corrected chi connectivity index (χ1v) is 8.57. The van der Waals surface area contributed by atoms with Crippen LogP contribution in [0.5, 0.6) is 0 Å². The van der Waals surface area contributed by atoms with Crippen LogP contribution in [0.25, 0.3) is 11.1 Å². The molecule has 1 fully saturated rings. The van der Waals surface area contributed by atoms with E-state index in [1.54, 1.807) is 24.4 Å². The van der Waals surface area contributed by atoms with E-state index in [2.05, 4.69) is 20.8 Å².